The van der Waals surface area contributed by atoms with E-state index in [1.54, 1.807) is 47.4 Å². The van der Waals surface area contributed by atoms with Gasteiger partial charge < -0.3 is 10.0 Å². The molecule has 0 aliphatic carbocycles. The van der Waals surface area contributed by atoms with Gasteiger partial charge in [0.25, 0.3) is 0 Å². The summed E-state index contributed by atoms with van der Waals surface area (Å²) in [6.07, 6.45) is 1.44. The largest absolute Gasteiger partial charge is 0.480 e. The Bertz CT molecular complexity index is 1030. The highest BCUT2D eigenvalue weighted by atomic mass is 32.2. The lowest BCUT2D eigenvalue weighted by atomic mass is 10.00. The van der Waals surface area contributed by atoms with E-state index in [4.69, 9.17) is 0 Å². The number of nitrogens with one attached hydrogen (secondary N) is 1. The Hall–Kier alpha value is -2.71. The van der Waals surface area contributed by atoms with Crippen LogP contribution in [0.3, 0.4) is 0 Å². The van der Waals surface area contributed by atoms with Crippen molar-refractivity contribution < 1.29 is 23.1 Å². The van der Waals surface area contributed by atoms with Crippen molar-refractivity contribution in [2.24, 2.45) is 0 Å². The van der Waals surface area contributed by atoms with E-state index in [0.29, 0.717) is 31.4 Å². The lowest BCUT2D eigenvalue weighted by Crippen LogP contribution is -2.34. The van der Waals surface area contributed by atoms with Gasteiger partial charge in [0.05, 0.1) is 10.6 Å². The molecular weight excluding hydrogens is 368 g/mol. The number of aryl methyl sites for hydroxylation is 1. The first-order chi connectivity index (χ1) is 12.9. The van der Waals surface area contributed by atoms with Gasteiger partial charge in [-0.05, 0) is 41.7 Å². The molecule has 0 bridgehead atoms. The maximum atomic E-state index is 12.9. The second-order valence-electron chi connectivity index (χ2n) is 6.69. The zero-order valence-electron chi connectivity index (χ0n) is 14.4. The predicted molar refractivity (Wildman–Crippen MR) is 98.0 cm³/mol. The first-order valence-corrected chi connectivity index (χ1v) is 10.1. The zero-order valence-corrected chi connectivity index (χ0v) is 15.2. The molecule has 7 nitrogen and oxygen atoms in total. The Labute approximate surface area is 156 Å². The van der Waals surface area contributed by atoms with E-state index in [2.05, 4.69) is 4.72 Å². The van der Waals surface area contributed by atoms with Crippen LogP contribution in [0.1, 0.15) is 29.2 Å². The fourth-order valence-electron chi connectivity index (χ4n) is 3.71. The summed E-state index contributed by atoms with van der Waals surface area (Å²) in [5.74, 6) is -1.21. The monoisotopic (exact) mass is 386 g/mol. The molecule has 2 N–H and O–H groups in total. The van der Waals surface area contributed by atoms with Crippen LogP contribution in [0.4, 0.5) is 5.69 Å². The average Bonchev–Trinajstić information content (AvgIpc) is 3.09. The number of carbonyl (C=O) groups is 2. The minimum Gasteiger partial charge on any atom is -0.480 e. The van der Waals surface area contributed by atoms with Gasteiger partial charge in [-0.2, -0.15) is 4.72 Å². The van der Waals surface area contributed by atoms with E-state index >= 15 is 0 Å². The molecule has 0 fully saturated rings. The van der Waals surface area contributed by atoms with Gasteiger partial charge in [-0.25, -0.2) is 8.42 Å². The van der Waals surface area contributed by atoms with Crippen molar-refractivity contribution in [3.8, 4) is 0 Å². The van der Waals surface area contributed by atoms with Crippen LogP contribution in [0.15, 0.2) is 47.4 Å². The van der Waals surface area contributed by atoms with Crippen LogP contribution in [-0.4, -0.2) is 31.9 Å². The third-order valence-electron chi connectivity index (χ3n) is 4.99. The van der Waals surface area contributed by atoms with Crippen molar-refractivity contribution in [3.05, 3.63) is 59.2 Å². The Morgan fingerprint density at radius 1 is 1.07 bits per heavy atom. The molecule has 8 heteroatoms. The van der Waals surface area contributed by atoms with Crippen molar-refractivity contribution in [3.63, 3.8) is 0 Å². The number of benzene rings is 2. The Balaban J connectivity index is 1.71. The molecule has 1 atom stereocenters. The standard InChI is InChI=1S/C19H18N2O5S/c22-16-7-6-13-10-15(11-14-8-9-21(16)18(13)14)27(25,26)20-17(19(23)24)12-4-2-1-3-5-12/h1-5,10-11,17,20H,6-9H2,(H,23,24)/t17-/m0/s1. The van der Waals surface area contributed by atoms with Gasteiger partial charge in [-0.3, -0.25) is 9.59 Å². The summed E-state index contributed by atoms with van der Waals surface area (Å²) >= 11 is 0. The SMILES string of the molecule is O=C(O)[C@@H](NS(=O)(=O)c1cc2c3c(c1)CCN3C(=O)CC2)c1ccccc1. The highest BCUT2D eigenvalue weighted by molar-refractivity contribution is 7.89. The summed E-state index contributed by atoms with van der Waals surface area (Å²) in [7, 11) is -4.05. The van der Waals surface area contributed by atoms with Crippen molar-refractivity contribution in [1.29, 1.82) is 0 Å². The van der Waals surface area contributed by atoms with Crippen LogP contribution >= 0.6 is 0 Å². The molecule has 2 aliphatic heterocycles. The molecule has 0 unspecified atom stereocenters. The second kappa shape index (κ2) is 6.47. The average molecular weight is 386 g/mol. The summed E-state index contributed by atoms with van der Waals surface area (Å²) in [5.41, 5.74) is 2.81. The van der Waals surface area contributed by atoms with Gasteiger partial charge in [0, 0.05) is 13.0 Å². The molecular formula is C19H18N2O5S. The predicted octanol–water partition coefficient (Wildman–Crippen LogP) is 1.63. The smallest absolute Gasteiger partial charge is 0.326 e. The lowest BCUT2D eigenvalue weighted by molar-refractivity contribution is -0.139. The van der Waals surface area contributed by atoms with Crippen molar-refractivity contribution in [2.45, 2.75) is 30.2 Å². The van der Waals surface area contributed by atoms with E-state index in [1.165, 1.54) is 0 Å². The van der Waals surface area contributed by atoms with Gasteiger partial charge in [0.1, 0.15) is 6.04 Å². The molecule has 0 spiro atoms. The lowest BCUT2D eigenvalue weighted by Gasteiger charge is -2.26. The number of hydrogen-bond acceptors (Lipinski definition) is 4. The van der Waals surface area contributed by atoms with Gasteiger partial charge >= 0.3 is 5.97 Å². The number of anilines is 1. The molecule has 0 aromatic heterocycles. The van der Waals surface area contributed by atoms with E-state index in [1.807, 2.05) is 0 Å². The first-order valence-electron chi connectivity index (χ1n) is 8.63. The maximum absolute atomic E-state index is 12.9. The summed E-state index contributed by atoms with van der Waals surface area (Å²) < 4.78 is 28.1. The summed E-state index contributed by atoms with van der Waals surface area (Å²) in [4.78, 5) is 25.4. The zero-order chi connectivity index (χ0) is 19.2. The number of hydrogen-bond donors (Lipinski definition) is 2. The molecule has 0 radical (unpaired) electrons. The van der Waals surface area contributed by atoms with E-state index < -0.39 is 22.0 Å². The Kier molecular flexibility index (Phi) is 4.24. The number of carboxylic acid groups (broad SMARTS) is 1. The quantitative estimate of drug-likeness (QED) is 0.813. The van der Waals surface area contributed by atoms with Gasteiger partial charge in [-0.1, -0.05) is 30.3 Å². The normalized spacial score (nSPS) is 16.9. The number of amides is 1. The van der Waals surface area contributed by atoms with Gasteiger partial charge in [0.2, 0.25) is 15.9 Å². The molecule has 0 saturated heterocycles. The van der Waals surface area contributed by atoms with E-state index in [-0.39, 0.29) is 10.8 Å². The number of carboxylic acids is 1. The third kappa shape index (κ3) is 3.11. The number of nitrogens with zero attached hydrogens (tertiary/aromatic N) is 1. The number of sulfonamides is 1. The fourth-order valence-corrected chi connectivity index (χ4v) is 4.99. The Morgan fingerprint density at radius 2 is 1.74 bits per heavy atom. The molecule has 2 aromatic rings. The van der Waals surface area contributed by atoms with Crippen LogP contribution in [0.25, 0.3) is 0 Å². The van der Waals surface area contributed by atoms with Crippen LogP contribution in [-0.2, 0) is 32.5 Å². The fraction of sp³-hybridized carbons (Fsp3) is 0.263. The van der Waals surface area contributed by atoms with Crippen molar-refractivity contribution >= 4 is 27.6 Å². The van der Waals surface area contributed by atoms with Crippen molar-refractivity contribution in [1.82, 2.24) is 4.72 Å². The van der Waals surface area contributed by atoms with Gasteiger partial charge in [-0.15, -0.1) is 0 Å². The highest BCUT2D eigenvalue weighted by Crippen LogP contribution is 2.38. The minimum absolute atomic E-state index is 0.0367. The second-order valence-corrected chi connectivity index (χ2v) is 8.40. The molecule has 140 valence electrons. The highest BCUT2D eigenvalue weighted by Gasteiger charge is 2.34. The summed E-state index contributed by atoms with van der Waals surface area (Å²) in [6.45, 7) is 0.555. The van der Waals surface area contributed by atoms with E-state index in [0.717, 1.165) is 16.8 Å². The third-order valence-corrected chi connectivity index (χ3v) is 6.39. The molecule has 27 heavy (non-hydrogen) atoms. The van der Waals surface area contributed by atoms with Crippen molar-refractivity contribution in [2.75, 3.05) is 11.4 Å². The van der Waals surface area contributed by atoms with Crippen LogP contribution in [0, 0.1) is 0 Å². The molecule has 0 saturated carbocycles. The van der Waals surface area contributed by atoms with Gasteiger partial charge in [0.15, 0.2) is 0 Å². The minimum atomic E-state index is -4.05. The van der Waals surface area contributed by atoms with Crippen LogP contribution in [0.5, 0.6) is 0 Å². The summed E-state index contributed by atoms with van der Waals surface area (Å²) in [5, 5.41) is 9.49. The first kappa shape index (κ1) is 17.7. The Morgan fingerprint density at radius 3 is 2.41 bits per heavy atom. The van der Waals surface area contributed by atoms with E-state index in [9.17, 15) is 23.1 Å². The number of aliphatic carboxylic acids is 1. The van der Waals surface area contributed by atoms with Crippen LogP contribution in [0.2, 0.25) is 0 Å². The molecule has 1 amide bonds. The topological polar surface area (TPSA) is 104 Å². The molecule has 2 aromatic carbocycles. The molecule has 4 rings (SSSR count). The van der Waals surface area contributed by atoms with Crippen LogP contribution < -0.4 is 9.62 Å². The number of rotatable bonds is 5. The molecule has 2 aliphatic rings. The summed E-state index contributed by atoms with van der Waals surface area (Å²) in [6, 6.07) is 9.90. The number of carbonyl (C=O) groups excluding carboxylic acids is 1. The molecule has 2 heterocycles. The maximum Gasteiger partial charge on any atom is 0.326 e.